The van der Waals surface area contributed by atoms with Crippen LogP contribution in [0.15, 0.2) is 40.9 Å². The molecule has 1 aromatic heterocycles. The Morgan fingerprint density at radius 3 is 2.53 bits per heavy atom. The number of hydrogen-bond donors (Lipinski definition) is 1. The second-order valence-electron chi connectivity index (χ2n) is 4.24. The number of halogens is 2. The predicted molar refractivity (Wildman–Crippen MR) is 81.4 cm³/mol. The molecule has 0 saturated heterocycles. The molecule has 0 amide bonds. The number of hydrogen-bond acceptors (Lipinski definition) is 3. The number of anilines is 1. The monoisotopic (exact) mass is 340 g/mol. The Hall–Kier alpha value is -1.10. The molecule has 0 saturated carbocycles. The Balaban J connectivity index is 2.15. The van der Waals surface area contributed by atoms with Gasteiger partial charge in [0.05, 0.1) is 17.3 Å². The smallest absolute Gasteiger partial charge is 0.129 e. The van der Waals surface area contributed by atoms with Crippen LogP contribution in [0.25, 0.3) is 0 Å². The fourth-order valence-corrected chi connectivity index (χ4v) is 2.17. The average molecular weight is 342 g/mol. The van der Waals surface area contributed by atoms with Gasteiger partial charge in [0.1, 0.15) is 5.82 Å². The third kappa shape index (κ3) is 3.69. The zero-order valence-electron chi connectivity index (χ0n) is 10.5. The van der Waals surface area contributed by atoms with Crippen molar-refractivity contribution in [2.45, 2.75) is 13.2 Å². The van der Waals surface area contributed by atoms with E-state index in [-0.39, 0.29) is 6.61 Å². The Morgan fingerprint density at radius 1 is 1.21 bits per heavy atom. The molecule has 19 heavy (non-hydrogen) atoms. The zero-order valence-corrected chi connectivity index (χ0v) is 12.8. The lowest BCUT2D eigenvalue weighted by Crippen LogP contribution is -2.18. The lowest BCUT2D eigenvalue weighted by molar-refractivity contribution is 0.277. The summed E-state index contributed by atoms with van der Waals surface area (Å²) in [5.41, 5.74) is 1.69. The third-order valence-corrected chi connectivity index (χ3v) is 3.65. The maximum absolute atomic E-state index is 9.17. The molecule has 0 aliphatic carbocycles. The van der Waals surface area contributed by atoms with E-state index in [1.54, 1.807) is 6.07 Å². The second kappa shape index (κ2) is 6.37. The van der Waals surface area contributed by atoms with Crippen molar-refractivity contribution in [3.8, 4) is 0 Å². The van der Waals surface area contributed by atoms with Crippen LogP contribution >= 0.6 is 27.5 Å². The molecule has 0 unspecified atom stereocenters. The largest absolute Gasteiger partial charge is 0.390 e. The molecule has 3 nitrogen and oxygen atoms in total. The first-order valence-corrected chi connectivity index (χ1v) is 6.99. The van der Waals surface area contributed by atoms with Crippen LogP contribution in [0.4, 0.5) is 5.82 Å². The second-order valence-corrected chi connectivity index (χ2v) is 5.56. The van der Waals surface area contributed by atoms with E-state index in [2.05, 4.69) is 33.0 Å². The van der Waals surface area contributed by atoms with Gasteiger partial charge in [0.2, 0.25) is 0 Å². The average Bonchev–Trinajstić information content (AvgIpc) is 2.42. The number of aromatic nitrogens is 1. The van der Waals surface area contributed by atoms with Gasteiger partial charge >= 0.3 is 0 Å². The van der Waals surface area contributed by atoms with Gasteiger partial charge in [-0.05, 0) is 29.8 Å². The normalized spacial score (nSPS) is 10.5. The van der Waals surface area contributed by atoms with E-state index in [0.29, 0.717) is 10.7 Å². The van der Waals surface area contributed by atoms with E-state index in [4.69, 9.17) is 11.6 Å². The van der Waals surface area contributed by atoms with E-state index in [1.165, 1.54) is 5.56 Å². The highest BCUT2D eigenvalue weighted by molar-refractivity contribution is 9.10. The van der Waals surface area contributed by atoms with Crippen LogP contribution in [0.5, 0.6) is 0 Å². The SMILES string of the molecule is CN(Cc1ccc(Br)cc1)c1ccc(Cl)c(CO)n1. The van der Waals surface area contributed by atoms with Crippen molar-refractivity contribution < 1.29 is 5.11 Å². The fraction of sp³-hybridized carbons (Fsp3) is 0.214. The van der Waals surface area contributed by atoms with Gasteiger partial charge in [-0.1, -0.05) is 39.7 Å². The van der Waals surface area contributed by atoms with Gasteiger partial charge in [0, 0.05) is 18.1 Å². The molecule has 100 valence electrons. The first-order chi connectivity index (χ1) is 9.10. The van der Waals surface area contributed by atoms with Crippen LogP contribution in [0, 0.1) is 0 Å². The van der Waals surface area contributed by atoms with Crippen molar-refractivity contribution in [2.24, 2.45) is 0 Å². The Labute approximate surface area is 126 Å². The van der Waals surface area contributed by atoms with E-state index < -0.39 is 0 Å². The minimum atomic E-state index is -0.154. The molecule has 1 heterocycles. The summed E-state index contributed by atoms with van der Waals surface area (Å²) < 4.78 is 1.06. The number of benzene rings is 1. The van der Waals surface area contributed by atoms with Gasteiger partial charge in [-0.3, -0.25) is 0 Å². The lowest BCUT2D eigenvalue weighted by atomic mass is 10.2. The quantitative estimate of drug-likeness (QED) is 0.922. The van der Waals surface area contributed by atoms with Gasteiger partial charge < -0.3 is 10.0 Å². The molecule has 0 spiro atoms. The highest BCUT2D eigenvalue weighted by Crippen LogP contribution is 2.20. The molecule has 0 atom stereocenters. The zero-order chi connectivity index (χ0) is 13.8. The predicted octanol–water partition coefficient (Wildman–Crippen LogP) is 3.63. The van der Waals surface area contributed by atoms with Crippen LogP contribution in [-0.2, 0) is 13.2 Å². The van der Waals surface area contributed by atoms with Gasteiger partial charge in [0.25, 0.3) is 0 Å². The minimum absolute atomic E-state index is 0.154. The minimum Gasteiger partial charge on any atom is -0.390 e. The van der Waals surface area contributed by atoms with Crippen LogP contribution in [0.1, 0.15) is 11.3 Å². The molecule has 1 N–H and O–H groups in total. The standard InChI is InChI=1S/C14H14BrClN2O/c1-18(8-10-2-4-11(15)5-3-10)14-7-6-12(16)13(9-19)17-14/h2-7,19H,8-9H2,1H3. The third-order valence-electron chi connectivity index (χ3n) is 2.78. The van der Waals surface area contributed by atoms with Crippen molar-refractivity contribution in [1.82, 2.24) is 4.98 Å². The summed E-state index contributed by atoms with van der Waals surface area (Å²) >= 11 is 9.35. The molecule has 0 aliphatic rings. The van der Waals surface area contributed by atoms with Crippen LogP contribution < -0.4 is 4.90 Å². The Bertz CT molecular complexity index is 560. The van der Waals surface area contributed by atoms with Crippen molar-refractivity contribution in [2.75, 3.05) is 11.9 Å². The van der Waals surface area contributed by atoms with Crippen molar-refractivity contribution in [3.63, 3.8) is 0 Å². The molecule has 1 aromatic carbocycles. The first-order valence-electron chi connectivity index (χ1n) is 5.82. The van der Waals surface area contributed by atoms with Crippen LogP contribution in [0.3, 0.4) is 0 Å². The van der Waals surface area contributed by atoms with Gasteiger partial charge in [-0.25, -0.2) is 4.98 Å². The first kappa shape index (κ1) is 14.3. The molecule has 5 heteroatoms. The maximum Gasteiger partial charge on any atom is 0.129 e. The lowest BCUT2D eigenvalue weighted by Gasteiger charge is -2.19. The van der Waals surface area contributed by atoms with E-state index >= 15 is 0 Å². The number of rotatable bonds is 4. The molecular formula is C14H14BrClN2O. The number of aliphatic hydroxyl groups excluding tert-OH is 1. The van der Waals surface area contributed by atoms with Gasteiger partial charge in [0.15, 0.2) is 0 Å². The summed E-state index contributed by atoms with van der Waals surface area (Å²) in [6.07, 6.45) is 0. The summed E-state index contributed by atoms with van der Waals surface area (Å²) in [7, 11) is 1.96. The van der Waals surface area contributed by atoms with E-state index in [9.17, 15) is 5.11 Å². The molecule has 2 rings (SSSR count). The van der Waals surface area contributed by atoms with Gasteiger partial charge in [-0.15, -0.1) is 0 Å². The highest BCUT2D eigenvalue weighted by Gasteiger charge is 2.07. The molecule has 0 aliphatic heterocycles. The van der Waals surface area contributed by atoms with Crippen LogP contribution in [0.2, 0.25) is 5.02 Å². The van der Waals surface area contributed by atoms with Gasteiger partial charge in [-0.2, -0.15) is 0 Å². The van der Waals surface area contributed by atoms with Crippen molar-refractivity contribution >= 4 is 33.3 Å². The number of aliphatic hydroxyl groups is 1. The van der Waals surface area contributed by atoms with E-state index in [1.807, 2.05) is 30.1 Å². The Kier molecular flexibility index (Phi) is 4.80. The molecule has 0 radical (unpaired) electrons. The molecular weight excluding hydrogens is 328 g/mol. The van der Waals surface area contributed by atoms with Crippen molar-refractivity contribution in [3.05, 3.63) is 57.2 Å². The topological polar surface area (TPSA) is 36.4 Å². The molecule has 0 bridgehead atoms. The van der Waals surface area contributed by atoms with Crippen molar-refractivity contribution in [1.29, 1.82) is 0 Å². The molecule has 0 fully saturated rings. The van der Waals surface area contributed by atoms with Crippen LogP contribution in [-0.4, -0.2) is 17.1 Å². The number of nitrogens with zero attached hydrogens (tertiary/aromatic N) is 2. The molecule has 2 aromatic rings. The summed E-state index contributed by atoms with van der Waals surface area (Å²) in [6.45, 7) is 0.589. The fourth-order valence-electron chi connectivity index (χ4n) is 1.74. The summed E-state index contributed by atoms with van der Waals surface area (Å²) in [5, 5.41) is 9.66. The summed E-state index contributed by atoms with van der Waals surface area (Å²) in [4.78, 5) is 6.35. The number of pyridine rings is 1. The summed E-state index contributed by atoms with van der Waals surface area (Å²) in [5.74, 6) is 0.788. The highest BCUT2D eigenvalue weighted by atomic mass is 79.9. The summed E-state index contributed by atoms with van der Waals surface area (Å²) in [6, 6.07) is 11.7. The van der Waals surface area contributed by atoms with E-state index in [0.717, 1.165) is 16.8 Å². The maximum atomic E-state index is 9.17. The Morgan fingerprint density at radius 2 is 1.89 bits per heavy atom.